The summed E-state index contributed by atoms with van der Waals surface area (Å²) >= 11 is 0. The Morgan fingerprint density at radius 1 is 1.41 bits per heavy atom. The van der Waals surface area contributed by atoms with E-state index in [9.17, 15) is 19.7 Å². The van der Waals surface area contributed by atoms with Crippen LogP contribution in [0.25, 0.3) is 0 Å². The molecule has 1 N–H and O–H groups in total. The zero-order chi connectivity index (χ0) is 16.1. The molecule has 0 heterocycles. The largest absolute Gasteiger partial charge is 0.494 e. The molecule has 1 aromatic rings. The van der Waals surface area contributed by atoms with Gasteiger partial charge in [0.25, 0.3) is 11.6 Å². The number of carbonyl (C=O) groups excluding carboxylic acids is 2. The van der Waals surface area contributed by atoms with Crippen LogP contribution in [0.5, 0.6) is 5.75 Å². The van der Waals surface area contributed by atoms with Crippen LogP contribution in [-0.4, -0.2) is 30.5 Å². The van der Waals surface area contributed by atoms with Crippen molar-refractivity contribution in [1.82, 2.24) is 0 Å². The zero-order valence-electron chi connectivity index (χ0n) is 12.0. The number of carbonyl (C=O) groups is 2. The Hall–Kier alpha value is -2.64. The van der Waals surface area contributed by atoms with Gasteiger partial charge >= 0.3 is 5.97 Å². The van der Waals surface area contributed by atoms with E-state index in [1.165, 1.54) is 25.3 Å². The van der Waals surface area contributed by atoms with Crippen LogP contribution in [0, 0.1) is 16.0 Å². The molecule has 8 nitrogen and oxygen atoms in total. The highest BCUT2D eigenvalue weighted by Crippen LogP contribution is 2.29. The second-order valence-electron chi connectivity index (χ2n) is 4.93. The van der Waals surface area contributed by atoms with Gasteiger partial charge in [0.15, 0.2) is 6.61 Å². The average Bonchev–Trinajstić information content (AvgIpc) is 2.43. The standard InChI is InChI=1S/C14H16N2O6/c1-21-12-7-10(16(19)20)5-6-11(12)15-13(17)8-22-14(18)9-3-2-4-9/h5-7,9H,2-4,8H2,1H3,(H,15,17). The van der Waals surface area contributed by atoms with E-state index in [0.29, 0.717) is 0 Å². The third kappa shape index (κ3) is 3.72. The molecule has 2 rings (SSSR count). The second-order valence-corrected chi connectivity index (χ2v) is 4.93. The molecule has 1 fully saturated rings. The predicted molar refractivity (Wildman–Crippen MR) is 76.6 cm³/mol. The van der Waals surface area contributed by atoms with Crippen LogP contribution in [0.15, 0.2) is 18.2 Å². The summed E-state index contributed by atoms with van der Waals surface area (Å²) in [7, 11) is 1.34. The van der Waals surface area contributed by atoms with Crippen LogP contribution in [0.3, 0.4) is 0 Å². The normalized spacial score (nSPS) is 13.9. The zero-order valence-corrected chi connectivity index (χ0v) is 12.0. The smallest absolute Gasteiger partial charge is 0.309 e. The number of anilines is 1. The van der Waals surface area contributed by atoms with Crippen molar-refractivity contribution < 1.29 is 24.0 Å². The molecule has 1 saturated carbocycles. The van der Waals surface area contributed by atoms with E-state index in [0.717, 1.165) is 19.3 Å². The van der Waals surface area contributed by atoms with Gasteiger partial charge in [-0.15, -0.1) is 0 Å². The molecule has 1 amide bonds. The summed E-state index contributed by atoms with van der Waals surface area (Å²) in [4.78, 5) is 33.4. The van der Waals surface area contributed by atoms with Gasteiger partial charge in [-0.3, -0.25) is 19.7 Å². The summed E-state index contributed by atoms with van der Waals surface area (Å²) < 4.78 is 9.92. The maximum atomic E-state index is 11.8. The first-order valence-electron chi connectivity index (χ1n) is 6.80. The Bertz CT molecular complexity index is 597. The van der Waals surface area contributed by atoms with E-state index in [2.05, 4.69) is 5.32 Å². The molecule has 0 atom stereocenters. The van der Waals surface area contributed by atoms with Crippen LogP contribution in [-0.2, 0) is 14.3 Å². The fraction of sp³-hybridized carbons (Fsp3) is 0.429. The van der Waals surface area contributed by atoms with E-state index in [1.54, 1.807) is 0 Å². The Kier molecular flexibility index (Phi) is 4.92. The van der Waals surface area contributed by atoms with Crippen LogP contribution < -0.4 is 10.1 Å². The van der Waals surface area contributed by atoms with Crippen LogP contribution in [0.1, 0.15) is 19.3 Å². The Balaban J connectivity index is 1.92. The lowest BCUT2D eigenvalue weighted by Crippen LogP contribution is -2.28. The lowest BCUT2D eigenvalue weighted by molar-refractivity contribution is -0.384. The minimum Gasteiger partial charge on any atom is -0.494 e. The summed E-state index contributed by atoms with van der Waals surface area (Å²) in [5.41, 5.74) is 0.129. The molecule has 0 radical (unpaired) electrons. The van der Waals surface area contributed by atoms with Gasteiger partial charge in [0.2, 0.25) is 0 Å². The number of nitro groups is 1. The van der Waals surface area contributed by atoms with E-state index in [4.69, 9.17) is 9.47 Å². The summed E-state index contributed by atoms with van der Waals surface area (Å²) in [6.45, 7) is -0.393. The third-order valence-electron chi connectivity index (χ3n) is 3.45. The summed E-state index contributed by atoms with van der Waals surface area (Å²) in [6.07, 6.45) is 2.61. The Labute approximate surface area is 126 Å². The van der Waals surface area contributed by atoms with Crippen LogP contribution in [0.4, 0.5) is 11.4 Å². The monoisotopic (exact) mass is 308 g/mol. The van der Waals surface area contributed by atoms with Crippen molar-refractivity contribution in [2.75, 3.05) is 19.0 Å². The van der Waals surface area contributed by atoms with Crippen molar-refractivity contribution in [1.29, 1.82) is 0 Å². The quantitative estimate of drug-likeness (QED) is 0.488. The number of hydrogen-bond donors (Lipinski definition) is 1. The molecule has 0 aromatic heterocycles. The highest BCUT2D eigenvalue weighted by molar-refractivity contribution is 5.94. The van der Waals surface area contributed by atoms with Crippen molar-refractivity contribution >= 4 is 23.3 Å². The van der Waals surface area contributed by atoms with Gasteiger partial charge in [-0.2, -0.15) is 0 Å². The fourth-order valence-corrected chi connectivity index (χ4v) is 1.98. The maximum absolute atomic E-state index is 11.8. The number of esters is 1. The first kappa shape index (κ1) is 15.7. The van der Waals surface area contributed by atoms with E-state index in [1.807, 2.05) is 0 Å². The number of hydrogen-bond acceptors (Lipinski definition) is 6. The molecule has 0 unspecified atom stereocenters. The third-order valence-corrected chi connectivity index (χ3v) is 3.45. The van der Waals surface area contributed by atoms with Crippen molar-refractivity contribution in [3.8, 4) is 5.75 Å². The minimum atomic E-state index is -0.561. The first-order chi connectivity index (χ1) is 10.5. The SMILES string of the molecule is COc1cc([N+](=O)[O-])ccc1NC(=O)COC(=O)C1CCC1. The summed E-state index contributed by atoms with van der Waals surface area (Å²) in [5, 5.41) is 13.2. The second kappa shape index (κ2) is 6.88. The van der Waals surface area contributed by atoms with Crippen molar-refractivity contribution in [2.24, 2.45) is 5.92 Å². The number of nitrogens with one attached hydrogen (secondary N) is 1. The van der Waals surface area contributed by atoms with Gasteiger partial charge < -0.3 is 14.8 Å². The molecule has 1 aromatic carbocycles. The Morgan fingerprint density at radius 2 is 2.14 bits per heavy atom. The topological polar surface area (TPSA) is 108 Å². The minimum absolute atomic E-state index is 0.0956. The molecule has 1 aliphatic carbocycles. The molecular weight excluding hydrogens is 292 g/mol. The number of nitrogens with zero attached hydrogens (tertiary/aromatic N) is 1. The number of amides is 1. The molecule has 0 spiro atoms. The molecule has 8 heteroatoms. The van der Waals surface area contributed by atoms with Crippen LogP contribution in [0.2, 0.25) is 0 Å². The highest BCUT2D eigenvalue weighted by Gasteiger charge is 2.27. The number of benzene rings is 1. The molecule has 22 heavy (non-hydrogen) atoms. The summed E-state index contributed by atoms with van der Waals surface area (Å²) in [6, 6.07) is 3.82. The number of non-ortho nitro benzene ring substituents is 1. The summed E-state index contributed by atoms with van der Waals surface area (Å²) in [5.74, 6) is -0.827. The lowest BCUT2D eigenvalue weighted by atomic mass is 9.86. The Morgan fingerprint density at radius 3 is 2.68 bits per heavy atom. The lowest BCUT2D eigenvalue weighted by Gasteiger charge is -2.22. The van der Waals surface area contributed by atoms with Gasteiger partial charge in [-0.1, -0.05) is 6.42 Å². The van der Waals surface area contributed by atoms with Gasteiger partial charge in [-0.25, -0.2) is 0 Å². The maximum Gasteiger partial charge on any atom is 0.309 e. The fourth-order valence-electron chi connectivity index (χ4n) is 1.98. The first-order valence-corrected chi connectivity index (χ1v) is 6.80. The van der Waals surface area contributed by atoms with Gasteiger partial charge in [0, 0.05) is 6.07 Å². The number of nitro benzene ring substituents is 1. The van der Waals surface area contributed by atoms with Crippen molar-refractivity contribution in [3.05, 3.63) is 28.3 Å². The average molecular weight is 308 g/mol. The van der Waals surface area contributed by atoms with Gasteiger partial charge in [0.05, 0.1) is 29.7 Å². The molecule has 1 aliphatic rings. The molecular formula is C14H16N2O6. The number of ether oxygens (including phenoxy) is 2. The number of rotatable bonds is 6. The van der Waals surface area contributed by atoms with Crippen molar-refractivity contribution in [3.63, 3.8) is 0 Å². The van der Waals surface area contributed by atoms with Gasteiger partial charge in [0.1, 0.15) is 5.75 Å². The predicted octanol–water partition coefficient (Wildman–Crippen LogP) is 1.89. The van der Waals surface area contributed by atoms with Gasteiger partial charge in [-0.05, 0) is 18.9 Å². The molecule has 0 aliphatic heterocycles. The van der Waals surface area contributed by atoms with E-state index >= 15 is 0 Å². The number of methoxy groups -OCH3 is 1. The highest BCUT2D eigenvalue weighted by atomic mass is 16.6. The molecule has 118 valence electrons. The van der Waals surface area contributed by atoms with E-state index < -0.39 is 17.4 Å². The van der Waals surface area contributed by atoms with E-state index in [-0.39, 0.29) is 29.0 Å². The molecule has 0 saturated heterocycles. The molecule has 0 bridgehead atoms. The van der Waals surface area contributed by atoms with Crippen molar-refractivity contribution in [2.45, 2.75) is 19.3 Å². The van der Waals surface area contributed by atoms with Crippen LogP contribution >= 0.6 is 0 Å².